The fourth-order valence-electron chi connectivity index (χ4n) is 3.26. The summed E-state index contributed by atoms with van der Waals surface area (Å²) >= 11 is 0. The lowest BCUT2D eigenvalue weighted by molar-refractivity contribution is -0.126. The van der Waals surface area contributed by atoms with Crippen LogP contribution in [-0.2, 0) is 4.79 Å². The van der Waals surface area contributed by atoms with Crippen LogP contribution in [0.5, 0.6) is 0 Å². The standard InChI is InChI=1S/C23H27N3O2/c1-25(2)21-11-9-19(10-12-21)23(28)24-20-14-16-26(17-15-20)22(27)13-8-18-6-4-3-5-7-18/h3-13,20H,14-17H2,1-2H3,(H,24,28)/b13-8+. The monoisotopic (exact) mass is 377 g/mol. The van der Waals surface area contributed by atoms with Crippen LogP contribution in [0.25, 0.3) is 6.08 Å². The maximum atomic E-state index is 12.5. The number of benzene rings is 2. The molecule has 0 spiro atoms. The summed E-state index contributed by atoms with van der Waals surface area (Å²) in [6, 6.07) is 17.5. The molecule has 5 heteroatoms. The molecule has 3 rings (SSSR count). The van der Waals surface area contributed by atoms with Gasteiger partial charge in [-0.05, 0) is 48.7 Å². The van der Waals surface area contributed by atoms with Crippen molar-refractivity contribution >= 4 is 23.6 Å². The van der Waals surface area contributed by atoms with Gasteiger partial charge in [-0.25, -0.2) is 0 Å². The van der Waals surface area contributed by atoms with Crippen LogP contribution < -0.4 is 10.2 Å². The lowest BCUT2D eigenvalue weighted by Crippen LogP contribution is -2.46. The van der Waals surface area contributed by atoms with E-state index in [-0.39, 0.29) is 17.9 Å². The quantitative estimate of drug-likeness (QED) is 0.814. The SMILES string of the molecule is CN(C)c1ccc(C(=O)NC2CCN(C(=O)/C=C/c3ccccc3)CC2)cc1. The normalized spacial score (nSPS) is 14.9. The van der Waals surface area contributed by atoms with E-state index in [4.69, 9.17) is 0 Å². The lowest BCUT2D eigenvalue weighted by Gasteiger charge is -2.31. The molecule has 0 atom stereocenters. The van der Waals surface area contributed by atoms with Crippen molar-refractivity contribution in [2.45, 2.75) is 18.9 Å². The van der Waals surface area contributed by atoms with Crippen LogP contribution in [0.1, 0.15) is 28.8 Å². The molecule has 0 unspecified atom stereocenters. The highest BCUT2D eigenvalue weighted by Crippen LogP contribution is 2.15. The second-order valence-electron chi connectivity index (χ2n) is 7.26. The number of amides is 2. The number of likely N-dealkylation sites (tertiary alicyclic amines) is 1. The van der Waals surface area contributed by atoms with E-state index in [0.29, 0.717) is 18.7 Å². The Morgan fingerprint density at radius 3 is 2.25 bits per heavy atom. The van der Waals surface area contributed by atoms with Crippen molar-refractivity contribution in [2.75, 3.05) is 32.1 Å². The maximum absolute atomic E-state index is 12.5. The average molecular weight is 377 g/mol. The van der Waals surface area contributed by atoms with Crippen molar-refractivity contribution < 1.29 is 9.59 Å². The predicted octanol–water partition coefficient (Wildman–Crippen LogP) is 3.19. The number of anilines is 1. The van der Waals surface area contributed by atoms with E-state index in [2.05, 4.69) is 5.32 Å². The highest BCUT2D eigenvalue weighted by Gasteiger charge is 2.23. The molecule has 1 fully saturated rings. The smallest absolute Gasteiger partial charge is 0.251 e. The van der Waals surface area contributed by atoms with Crippen LogP contribution in [-0.4, -0.2) is 49.9 Å². The van der Waals surface area contributed by atoms with E-state index >= 15 is 0 Å². The molecule has 28 heavy (non-hydrogen) atoms. The third-order valence-electron chi connectivity index (χ3n) is 5.01. The van der Waals surface area contributed by atoms with E-state index in [1.54, 1.807) is 6.08 Å². The molecule has 5 nitrogen and oxygen atoms in total. The summed E-state index contributed by atoms with van der Waals surface area (Å²) in [5.41, 5.74) is 2.74. The van der Waals surface area contributed by atoms with Crippen molar-refractivity contribution in [1.29, 1.82) is 0 Å². The molecule has 1 saturated heterocycles. The first-order chi connectivity index (χ1) is 13.5. The van der Waals surface area contributed by atoms with Gasteiger partial charge in [0.25, 0.3) is 5.91 Å². The first-order valence-corrected chi connectivity index (χ1v) is 9.63. The number of carbonyl (C=O) groups excluding carboxylic acids is 2. The van der Waals surface area contributed by atoms with Crippen LogP contribution >= 0.6 is 0 Å². The molecular weight excluding hydrogens is 350 g/mol. The number of nitrogens with one attached hydrogen (secondary N) is 1. The van der Waals surface area contributed by atoms with Crippen LogP contribution in [0.2, 0.25) is 0 Å². The van der Waals surface area contributed by atoms with Crippen molar-refractivity contribution in [3.05, 3.63) is 71.8 Å². The van der Waals surface area contributed by atoms with Gasteiger partial charge in [0, 0.05) is 50.6 Å². The predicted molar refractivity (Wildman–Crippen MR) is 113 cm³/mol. The van der Waals surface area contributed by atoms with Crippen LogP contribution in [0.3, 0.4) is 0 Å². The fourth-order valence-corrected chi connectivity index (χ4v) is 3.26. The molecular formula is C23H27N3O2. The molecule has 1 aliphatic heterocycles. The topological polar surface area (TPSA) is 52.7 Å². The van der Waals surface area contributed by atoms with Crippen molar-refractivity contribution in [2.24, 2.45) is 0 Å². The molecule has 2 aromatic rings. The molecule has 2 aromatic carbocycles. The summed E-state index contributed by atoms with van der Waals surface area (Å²) in [5, 5.41) is 3.09. The van der Waals surface area contributed by atoms with Crippen LogP contribution in [0, 0.1) is 0 Å². The minimum atomic E-state index is -0.0564. The zero-order valence-electron chi connectivity index (χ0n) is 16.5. The van der Waals surface area contributed by atoms with Crippen molar-refractivity contribution in [3.63, 3.8) is 0 Å². The van der Waals surface area contributed by atoms with Gasteiger partial charge in [-0.15, -0.1) is 0 Å². The van der Waals surface area contributed by atoms with Gasteiger partial charge in [0.05, 0.1) is 0 Å². The summed E-state index contributed by atoms with van der Waals surface area (Å²) in [6.07, 6.45) is 5.01. The molecule has 2 amide bonds. The van der Waals surface area contributed by atoms with E-state index in [9.17, 15) is 9.59 Å². The van der Waals surface area contributed by atoms with Gasteiger partial charge < -0.3 is 15.1 Å². The number of carbonyl (C=O) groups is 2. The molecule has 0 saturated carbocycles. The van der Waals surface area contributed by atoms with Gasteiger partial charge in [-0.1, -0.05) is 30.3 Å². The Labute approximate surface area is 166 Å². The Hall–Kier alpha value is -3.08. The summed E-state index contributed by atoms with van der Waals surface area (Å²) in [6.45, 7) is 1.31. The van der Waals surface area contributed by atoms with E-state index in [1.807, 2.05) is 84.6 Å². The van der Waals surface area contributed by atoms with Gasteiger partial charge in [-0.2, -0.15) is 0 Å². The third-order valence-corrected chi connectivity index (χ3v) is 5.01. The molecule has 0 radical (unpaired) electrons. The van der Waals surface area contributed by atoms with Gasteiger partial charge >= 0.3 is 0 Å². The van der Waals surface area contributed by atoms with Gasteiger partial charge in [0.15, 0.2) is 0 Å². The highest BCUT2D eigenvalue weighted by molar-refractivity contribution is 5.95. The molecule has 0 aromatic heterocycles. The first-order valence-electron chi connectivity index (χ1n) is 9.63. The number of nitrogens with zero attached hydrogens (tertiary/aromatic N) is 2. The Bertz CT molecular complexity index is 821. The molecule has 0 bridgehead atoms. The lowest BCUT2D eigenvalue weighted by atomic mass is 10.0. The third kappa shape index (κ3) is 5.22. The molecule has 1 aliphatic rings. The van der Waals surface area contributed by atoms with Crippen LogP contribution in [0.4, 0.5) is 5.69 Å². The zero-order chi connectivity index (χ0) is 19.9. The van der Waals surface area contributed by atoms with E-state index < -0.39 is 0 Å². The molecule has 146 valence electrons. The Kier molecular flexibility index (Phi) is 6.48. The number of piperidine rings is 1. The Morgan fingerprint density at radius 1 is 1.00 bits per heavy atom. The van der Waals surface area contributed by atoms with Gasteiger partial charge in [-0.3, -0.25) is 9.59 Å². The Morgan fingerprint density at radius 2 is 1.64 bits per heavy atom. The summed E-state index contributed by atoms with van der Waals surface area (Å²) < 4.78 is 0. The number of hydrogen-bond acceptors (Lipinski definition) is 3. The minimum Gasteiger partial charge on any atom is -0.378 e. The van der Waals surface area contributed by atoms with Crippen molar-refractivity contribution in [1.82, 2.24) is 10.2 Å². The fraction of sp³-hybridized carbons (Fsp3) is 0.304. The summed E-state index contributed by atoms with van der Waals surface area (Å²) in [7, 11) is 3.94. The molecule has 1 heterocycles. The second-order valence-corrected chi connectivity index (χ2v) is 7.26. The second kappa shape index (κ2) is 9.22. The van der Waals surface area contributed by atoms with Gasteiger partial charge in [0.2, 0.25) is 5.91 Å². The summed E-state index contributed by atoms with van der Waals surface area (Å²) in [5.74, 6) is -0.0352. The average Bonchev–Trinajstić information content (AvgIpc) is 2.73. The maximum Gasteiger partial charge on any atom is 0.251 e. The van der Waals surface area contributed by atoms with Gasteiger partial charge in [0.1, 0.15) is 0 Å². The van der Waals surface area contributed by atoms with Crippen LogP contribution in [0.15, 0.2) is 60.7 Å². The number of rotatable bonds is 5. The van der Waals surface area contributed by atoms with E-state index in [0.717, 1.165) is 24.1 Å². The largest absolute Gasteiger partial charge is 0.378 e. The molecule has 0 aliphatic carbocycles. The summed E-state index contributed by atoms with van der Waals surface area (Å²) in [4.78, 5) is 28.7. The highest BCUT2D eigenvalue weighted by atomic mass is 16.2. The number of hydrogen-bond donors (Lipinski definition) is 1. The minimum absolute atomic E-state index is 0.0212. The Balaban J connectivity index is 1.47. The van der Waals surface area contributed by atoms with Crippen molar-refractivity contribution in [3.8, 4) is 0 Å². The molecule has 1 N–H and O–H groups in total. The zero-order valence-corrected chi connectivity index (χ0v) is 16.5. The van der Waals surface area contributed by atoms with E-state index in [1.165, 1.54) is 0 Å². The first kappa shape index (κ1) is 19.7.